The highest BCUT2D eigenvalue weighted by Gasteiger charge is 2.16. The van der Waals surface area contributed by atoms with Crippen molar-refractivity contribution in [3.8, 4) is 0 Å². The van der Waals surface area contributed by atoms with Gasteiger partial charge in [0.15, 0.2) is 0 Å². The van der Waals surface area contributed by atoms with Gasteiger partial charge in [-0.1, -0.05) is 19.9 Å². The van der Waals surface area contributed by atoms with E-state index in [-0.39, 0.29) is 5.56 Å². The van der Waals surface area contributed by atoms with Crippen molar-refractivity contribution in [2.75, 3.05) is 13.1 Å². The van der Waals surface area contributed by atoms with Crippen molar-refractivity contribution in [3.05, 3.63) is 33.7 Å². The highest BCUT2D eigenvalue weighted by Crippen LogP contribution is 2.23. The number of nitrogens with one attached hydrogen (secondary N) is 2. The van der Waals surface area contributed by atoms with Gasteiger partial charge in [-0.2, -0.15) is 0 Å². The minimum atomic E-state index is 0.0889. The Morgan fingerprint density at radius 2 is 1.94 bits per heavy atom. The molecule has 3 nitrogen and oxygen atoms in total. The van der Waals surface area contributed by atoms with Gasteiger partial charge in [-0.3, -0.25) is 4.79 Å². The average Bonchev–Trinajstić information content (AvgIpc) is 2.29. The van der Waals surface area contributed by atoms with Gasteiger partial charge in [0, 0.05) is 17.2 Å². The Labute approximate surface area is 96.3 Å². The molecule has 1 saturated heterocycles. The summed E-state index contributed by atoms with van der Waals surface area (Å²) in [5.41, 5.74) is 2.08. The van der Waals surface area contributed by atoms with E-state index in [2.05, 4.69) is 30.2 Å². The molecular weight excluding hydrogens is 200 g/mol. The lowest BCUT2D eigenvalue weighted by Gasteiger charge is -2.22. The molecule has 0 amide bonds. The summed E-state index contributed by atoms with van der Waals surface area (Å²) in [6, 6.07) is 4.08. The smallest absolute Gasteiger partial charge is 0.251 e. The van der Waals surface area contributed by atoms with Crippen LogP contribution in [0.25, 0.3) is 0 Å². The number of piperidine rings is 1. The van der Waals surface area contributed by atoms with E-state index in [0.717, 1.165) is 37.2 Å². The number of aromatic nitrogens is 1. The molecule has 0 aliphatic carbocycles. The molecule has 1 aliphatic rings. The van der Waals surface area contributed by atoms with Crippen LogP contribution in [0.15, 0.2) is 16.9 Å². The number of aromatic amines is 1. The lowest BCUT2D eigenvalue weighted by atomic mass is 9.93. The fourth-order valence-corrected chi connectivity index (χ4v) is 2.33. The van der Waals surface area contributed by atoms with Gasteiger partial charge in [-0.25, -0.2) is 0 Å². The number of hydrogen-bond acceptors (Lipinski definition) is 2. The fraction of sp³-hybridized carbons (Fsp3) is 0.615. The van der Waals surface area contributed by atoms with Crippen LogP contribution in [0.5, 0.6) is 0 Å². The van der Waals surface area contributed by atoms with E-state index in [0.29, 0.717) is 11.8 Å². The van der Waals surface area contributed by atoms with E-state index in [9.17, 15) is 4.79 Å². The third kappa shape index (κ3) is 2.35. The largest absolute Gasteiger partial charge is 0.326 e. The quantitative estimate of drug-likeness (QED) is 0.800. The number of pyridine rings is 1. The second-order valence-electron chi connectivity index (χ2n) is 4.88. The van der Waals surface area contributed by atoms with Crippen LogP contribution in [0.3, 0.4) is 0 Å². The molecule has 88 valence electrons. The van der Waals surface area contributed by atoms with E-state index in [1.54, 1.807) is 0 Å². The molecule has 0 atom stereocenters. The first-order chi connectivity index (χ1) is 7.68. The van der Waals surface area contributed by atoms with Gasteiger partial charge in [-0.05, 0) is 37.9 Å². The Balaban J connectivity index is 2.23. The summed E-state index contributed by atoms with van der Waals surface area (Å²) in [6.07, 6.45) is 2.24. The minimum absolute atomic E-state index is 0.0889. The maximum atomic E-state index is 11.9. The highest BCUT2D eigenvalue weighted by atomic mass is 16.1. The summed E-state index contributed by atoms with van der Waals surface area (Å²) >= 11 is 0. The molecule has 0 radical (unpaired) electrons. The molecule has 0 unspecified atom stereocenters. The molecule has 3 heteroatoms. The molecule has 0 bridgehead atoms. The van der Waals surface area contributed by atoms with Crippen LogP contribution in [0.4, 0.5) is 0 Å². The van der Waals surface area contributed by atoms with E-state index in [1.807, 2.05) is 6.07 Å². The molecule has 0 spiro atoms. The number of hydrogen-bond donors (Lipinski definition) is 2. The second kappa shape index (κ2) is 4.83. The van der Waals surface area contributed by atoms with Crippen molar-refractivity contribution in [3.63, 3.8) is 0 Å². The first-order valence-corrected chi connectivity index (χ1v) is 6.12. The van der Waals surface area contributed by atoms with Gasteiger partial charge < -0.3 is 10.3 Å². The fourth-order valence-electron chi connectivity index (χ4n) is 2.33. The lowest BCUT2D eigenvalue weighted by Crippen LogP contribution is -2.28. The summed E-state index contributed by atoms with van der Waals surface area (Å²) < 4.78 is 0. The molecule has 1 fully saturated rings. The monoisotopic (exact) mass is 220 g/mol. The maximum absolute atomic E-state index is 11.9. The van der Waals surface area contributed by atoms with Gasteiger partial charge in [0.2, 0.25) is 0 Å². The van der Waals surface area contributed by atoms with Crippen molar-refractivity contribution >= 4 is 0 Å². The summed E-state index contributed by atoms with van der Waals surface area (Å²) in [4.78, 5) is 14.9. The van der Waals surface area contributed by atoms with Gasteiger partial charge in [-0.15, -0.1) is 0 Å². The Bertz CT molecular complexity index is 403. The molecule has 1 aliphatic heterocycles. The number of H-pyrrole nitrogens is 1. The van der Waals surface area contributed by atoms with E-state index >= 15 is 0 Å². The minimum Gasteiger partial charge on any atom is -0.326 e. The third-order valence-corrected chi connectivity index (χ3v) is 3.36. The van der Waals surface area contributed by atoms with Crippen molar-refractivity contribution < 1.29 is 0 Å². The third-order valence-electron chi connectivity index (χ3n) is 3.36. The van der Waals surface area contributed by atoms with Crippen molar-refractivity contribution in [1.29, 1.82) is 0 Å². The Morgan fingerprint density at radius 1 is 1.25 bits per heavy atom. The molecule has 1 aromatic heterocycles. The zero-order valence-corrected chi connectivity index (χ0v) is 10.0. The average molecular weight is 220 g/mol. The Hall–Kier alpha value is -1.09. The lowest BCUT2D eigenvalue weighted by molar-refractivity contribution is 0.452. The SMILES string of the molecule is CC(C)c1ccc(C2CCNCC2)[nH]c1=O. The molecule has 0 aromatic carbocycles. The van der Waals surface area contributed by atoms with Gasteiger partial charge in [0.05, 0.1) is 0 Å². The maximum Gasteiger partial charge on any atom is 0.251 e. The summed E-state index contributed by atoms with van der Waals surface area (Å²) in [5.74, 6) is 0.820. The van der Waals surface area contributed by atoms with Gasteiger partial charge in [0.1, 0.15) is 0 Å². The van der Waals surface area contributed by atoms with Crippen LogP contribution in [0.2, 0.25) is 0 Å². The molecule has 16 heavy (non-hydrogen) atoms. The predicted molar refractivity (Wildman–Crippen MR) is 66.0 cm³/mol. The van der Waals surface area contributed by atoms with Crippen LogP contribution in [0.1, 0.15) is 49.8 Å². The first kappa shape index (κ1) is 11.4. The molecule has 2 N–H and O–H groups in total. The standard InChI is InChI=1S/C13H20N2O/c1-9(2)11-3-4-12(15-13(11)16)10-5-7-14-8-6-10/h3-4,9-10,14H,5-8H2,1-2H3,(H,15,16). The summed E-state index contributed by atoms with van der Waals surface area (Å²) in [5, 5.41) is 3.34. The van der Waals surface area contributed by atoms with Crippen LogP contribution < -0.4 is 10.9 Å². The van der Waals surface area contributed by atoms with Crippen molar-refractivity contribution in [2.45, 2.75) is 38.5 Å². The molecule has 2 heterocycles. The molecule has 0 saturated carbocycles. The number of rotatable bonds is 2. The van der Waals surface area contributed by atoms with E-state index in [4.69, 9.17) is 0 Å². The topological polar surface area (TPSA) is 44.9 Å². The second-order valence-corrected chi connectivity index (χ2v) is 4.88. The highest BCUT2D eigenvalue weighted by molar-refractivity contribution is 5.20. The zero-order chi connectivity index (χ0) is 11.5. The Morgan fingerprint density at radius 3 is 2.50 bits per heavy atom. The molecule has 1 aromatic rings. The molecule has 2 rings (SSSR count). The molecular formula is C13H20N2O. The van der Waals surface area contributed by atoms with Crippen molar-refractivity contribution in [1.82, 2.24) is 10.3 Å². The van der Waals surface area contributed by atoms with Crippen LogP contribution in [0, 0.1) is 0 Å². The Kier molecular flexibility index (Phi) is 3.44. The van der Waals surface area contributed by atoms with Gasteiger partial charge in [0.25, 0.3) is 5.56 Å². The van der Waals surface area contributed by atoms with E-state index in [1.165, 1.54) is 0 Å². The van der Waals surface area contributed by atoms with Gasteiger partial charge >= 0.3 is 0 Å². The van der Waals surface area contributed by atoms with Crippen molar-refractivity contribution in [2.24, 2.45) is 0 Å². The van der Waals surface area contributed by atoms with Crippen LogP contribution in [-0.4, -0.2) is 18.1 Å². The predicted octanol–water partition coefficient (Wildman–Crippen LogP) is 1.97. The zero-order valence-electron chi connectivity index (χ0n) is 10.0. The van der Waals surface area contributed by atoms with Crippen LogP contribution >= 0.6 is 0 Å². The summed E-state index contributed by atoms with van der Waals surface area (Å²) in [7, 11) is 0. The normalized spacial score (nSPS) is 17.9. The van der Waals surface area contributed by atoms with Crippen LogP contribution in [-0.2, 0) is 0 Å². The van der Waals surface area contributed by atoms with E-state index < -0.39 is 0 Å². The summed E-state index contributed by atoms with van der Waals surface area (Å²) in [6.45, 7) is 6.21. The first-order valence-electron chi connectivity index (χ1n) is 6.12.